The molecule has 4 aromatic rings. The number of benzene rings is 2. The van der Waals surface area contributed by atoms with E-state index in [1.807, 2.05) is 24.3 Å². The normalized spacial score (nSPS) is 15.1. The van der Waals surface area contributed by atoms with E-state index in [-0.39, 0.29) is 12.2 Å². The van der Waals surface area contributed by atoms with Crippen LogP contribution in [-0.4, -0.2) is 70.5 Å². The van der Waals surface area contributed by atoms with Gasteiger partial charge in [0.05, 0.1) is 76.6 Å². The first kappa shape index (κ1) is 41.7. The van der Waals surface area contributed by atoms with Crippen molar-refractivity contribution >= 4 is 11.9 Å². The molecule has 0 saturated heterocycles. The van der Waals surface area contributed by atoms with Gasteiger partial charge in [-0.05, 0) is 62.5 Å². The summed E-state index contributed by atoms with van der Waals surface area (Å²) in [5, 5.41) is 0. The Morgan fingerprint density at radius 2 is 0.929 bits per heavy atom. The lowest BCUT2D eigenvalue weighted by Crippen LogP contribution is -2.34. The third-order valence-electron chi connectivity index (χ3n) is 9.19. The molecule has 1 aliphatic rings. The van der Waals surface area contributed by atoms with Crippen molar-refractivity contribution < 1.29 is 38.0 Å². The molecule has 0 amide bonds. The molecule has 5 rings (SSSR count). The van der Waals surface area contributed by atoms with Gasteiger partial charge in [-0.25, -0.2) is 29.5 Å². The summed E-state index contributed by atoms with van der Waals surface area (Å²) in [5.74, 6) is 1.70. The monoisotopic (exact) mass is 764 g/mol. The molecular weight excluding hydrogens is 713 g/mol. The van der Waals surface area contributed by atoms with Crippen molar-refractivity contribution in [2.24, 2.45) is 0 Å². The molecule has 0 radical (unpaired) electrons. The number of rotatable bonds is 24. The van der Waals surface area contributed by atoms with E-state index >= 15 is 0 Å². The van der Waals surface area contributed by atoms with Crippen LogP contribution in [0.15, 0.2) is 98.6 Å². The topological polar surface area (TPSA) is 141 Å². The van der Waals surface area contributed by atoms with Crippen LogP contribution in [0.25, 0.3) is 22.8 Å². The Morgan fingerprint density at radius 3 is 1.30 bits per heavy atom. The maximum Gasteiger partial charge on any atom is 0.330 e. The molecule has 0 bridgehead atoms. The highest BCUT2D eigenvalue weighted by Gasteiger charge is 2.26. The summed E-state index contributed by atoms with van der Waals surface area (Å²) >= 11 is 0. The van der Waals surface area contributed by atoms with Crippen molar-refractivity contribution in [2.75, 3.05) is 26.4 Å². The lowest BCUT2D eigenvalue weighted by atomic mass is 9.94. The third kappa shape index (κ3) is 14.3. The second-order valence-corrected chi connectivity index (χ2v) is 13.4. The summed E-state index contributed by atoms with van der Waals surface area (Å²) in [5.41, 5.74) is 4.00. The van der Waals surface area contributed by atoms with Crippen LogP contribution in [0.1, 0.15) is 75.3 Å². The lowest BCUT2D eigenvalue weighted by molar-refractivity contribution is -0.138. The van der Waals surface area contributed by atoms with Crippen molar-refractivity contribution in [1.29, 1.82) is 0 Å². The molecule has 1 aliphatic carbocycles. The lowest BCUT2D eigenvalue weighted by Gasteiger charge is -2.31. The van der Waals surface area contributed by atoms with Crippen LogP contribution >= 0.6 is 0 Å². The Morgan fingerprint density at radius 1 is 0.554 bits per heavy atom. The fourth-order valence-electron chi connectivity index (χ4n) is 6.04. The van der Waals surface area contributed by atoms with Gasteiger partial charge in [0, 0.05) is 23.3 Å². The highest BCUT2D eigenvalue weighted by molar-refractivity contribution is 5.81. The highest BCUT2D eigenvalue weighted by atomic mass is 16.5. The Kier molecular flexibility index (Phi) is 17.5. The van der Waals surface area contributed by atoms with Gasteiger partial charge in [-0.15, -0.1) is 0 Å². The predicted molar refractivity (Wildman–Crippen MR) is 212 cm³/mol. The average molecular weight is 765 g/mol. The number of aromatic nitrogens is 4. The molecule has 0 aliphatic heterocycles. The van der Waals surface area contributed by atoms with Gasteiger partial charge in [-0.2, -0.15) is 0 Å². The van der Waals surface area contributed by atoms with E-state index in [4.69, 9.17) is 28.4 Å². The summed E-state index contributed by atoms with van der Waals surface area (Å²) in [6.45, 7) is 9.63. The molecule has 0 unspecified atom stereocenters. The number of hydrogen-bond donors (Lipinski definition) is 0. The van der Waals surface area contributed by atoms with Gasteiger partial charge in [0.15, 0.2) is 23.1 Å². The minimum atomic E-state index is -0.396. The van der Waals surface area contributed by atoms with Crippen molar-refractivity contribution in [1.82, 2.24) is 19.9 Å². The molecule has 2 aromatic carbocycles. The van der Waals surface area contributed by atoms with E-state index in [1.165, 1.54) is 12.2 Å². The Bertz CT molecular complexity index is 1650. The zero-order valence-corrected chi connectivity index (χ0v) is 32.0. The number of esters is 2. The second-order valence-electron chi connectivity index (χ2n) is 13.4. The van der Waals surface area contributed by atoms with Crippen LogP contribution in [0.3, 0.4) is 0 Å². The molecule has 296 valence electrons. The molecule has 12 nitrogen and oxygen atoms in total. The van der Waals surface area contributed by atoms with Gasteiger partial charge in [-0.1, -0.05) is 74.5 Å². The summed E-state index contributed by atoms with van der Waals surface area (Å²) in [6, 6.07) is 16.3. The number of carbonyl (C=O) groups excluding carboxylic acids is 2. The SMILES string of the molecule is C=CC(=O)OCCCCCOc1cnc(-c2ccc(CO[C@@H]3CCCC[C@H]3OCc3ccc(-c4ncc(OCCCCCOC(=O)C=C)cn4)cc3)cc2)nc1. The molecule has 0 N–H and O–H groups in total. The first-order valence-electron chi connectivity index (χ1n) is 19.4. The van der Waals surface area contributed by atoms with Crippen LogP contribution in [0, 0.1) is 0 Å². The molecule has 2 atom stereocenters. The average Bonchev–Trinajstić information content (AvgIpc) is 3.25. The molecule has 1 fully saturated rings. The Hall–Kier alpha value is -5.46. The minimum Gasteiger partial charge on any atom is -0.490 e. The second kappa shape index (κ2) is 23.5. The van der Waals surface area contributed by atoms with Crippen LogP contribution in [0.2, 0.25) is 0 Å². The van der Waals surface area contributed by atoms with E-state index in [2.05, 4.69) is 57.4 Å². The molecule has 12 heteroatoms. The summed E-state index contributed by atoms with van der Waals surface area (Å²) < 4.78 is 34.3. The zero-order valence-electron chi connectivity index (χ0n) is 32.0. The fraction of sp³-hybridized carbons (Fsp3) is 0.409. The van der Waals surface area contributed by atoms with Crippen molar-refractivity contribution in [3.05, 3.63) is 110 Å². The quantitative estimate of drug-likeness (QED) is 0.0386. The Balaban J connectivity index is 0.992. The van der Waals surface area contributed by atoms with Crippen LogP contribution in [0.4, 0.5) is 0 Å². The summed E-state index contributed by atoms with van der Waals surface area (Å²) in [7, 11) is 0. The van der Waals surface area contributed by atoms with E-state index in [0.717, 1.165) is 86.5 Å². The molecule has 2 aromatic heterocycles. The molecule has 56 heavy (non-hydrogen) atoms. The van der Waals surface area contributed by atoms with Gasteiger partial charge < -0.3 is 28.4 Å². The van der Waals surface area contributed by atoms with Gasteiger partial charge in [-0.3, -0.25) is 0 Å². The molecule has 1 saturated carbocycles. The first-order valence-corrected chi connectivity index (χ1v) is 19.4. The molecular formula is C44H52N4O8. The number of nitrogens with zero attached hydrogens (tertiary/aromatic N) is 4. The number of unbranched alkanes of at least 4 members (excludes halogenated alkanes) is 4. The summed E-state index contributed by atoms with van der Waals surface area (Å²) in [6.07, 6.45) is 18.4. The zero-order chi connectivity index (χ0) is 39.2. The van der Waals surface area contributed by atoms with Crippen LogP contribution in [0.5, 0.6) is 11.5 Å². The van der Waals surface area contributed by atoms with Crippen molar-refractivity contribution in [3.63, 3.8) is 0 Å². The van der Waals surface area contributed by atoms with Gasteiger partial charge in [0.1, 0.15) is 0 Å². The van der Waals surface area contributed by atoms with Crippen LogP contribution in [-0.2, 0) is 41.8 Å². The summed E-state index contributed by atoms with van der Waals surface area (Å²) in [4.78, 5) is 40.1. The molecule has 0 spiro atoms. The molecule has 2 heterocycles. The van der Waals surface area contributed by atoms with Crippen molar-refractivity contribution in [3.8, 4) is 34.3 Å². The third-order valence-corrected chi connectivity index (χ3v) is 9.19. The van der Waals surface area contributed by atoms with E-state index in [1.54, 1.807) is 24.8 Å². The van der Waals surface area contributed by atoms with E-state index in [9.17, 15) is 9.59 Å². The smallest absolute Gasteiger partial charge is 0.330 e. The number of ether oxygens (including phenoxy) is 6. The standard InChI is InChI=1S/C44H52N4O8/c1-3-41(49)53-25-11-5-9-23-51-37-27-45-43(46-28-37)35-19-15-33(16-20-35)31-55-39-13-7-8-14-40(39)56-32-34-17-21-36(22-18-34)44-47-29-38(30-48-44)52-24-10-6-12-26-54-42(50)4-2/h3-4,15-22,27-30,39-40H,1-2,5-14,23-26,31-32H2/t39-,40-/m1/s1. The maximum atomic E-state index is 11.1. The van der Waals surface area contributed by atoms with E-state index in [0.29, 0.717) is 62.8 Å². The van der Waals surface area contributed by atoms with Gasteiger partial charge in [0.2, 0.25) is 0 Å². The number of carbonyl (C=O) groups is 2. The highest BCUT2D eigenvalue weighted by Crippen LogP contribution is 2.27. The van der Waals surface area contributed by atoms with Gasteiger partial charge >= 0.3 is 11.9 Å². The number of hydrogen-bond acceptors (Lipinski definition) is 12. The predicted octanol–water partition coefficient (Wildman–Crippen LogP) is 8.20. The van der Waals surface area contributed by atoms with Crippen LogP contribution < -0.4 is 9.47 Å². The largest absolute Gasteiger partial charge is 0.490 e. The van der Waals surface area contributed by atoms with Gasteiger partial charge in [0.25, 0.3) is 0 Å². The van der Waals surface area contributed by atoms with Crippen molar-refractivity contribution in [2.45, 2.75) is 89.6 Å². The maximum absolute atomic E-state index is 11.1. The Labute approximate surface area is 329 Å². The first-order chi connectivity index (χ1) is 27.5. The van der Waals surface area contributed by atoms with E-state index < -0.39 is 11.9 Å². The fourth-order valence-corrected chi connectivity index (χ4v) is 6.04. The minimum absolute atomic E-state index is 0.0320.